The summed E-state index contributed by atoms with van der Waals surface area (Å²) in [5.74, 6) is 0.729. The number of hydrogen-bond donors (Lipinski definition) is 1. The van der Waals surface area contributed by atoms with Gasteiger partial charge < -0.3 is 9.40 Å². The highest BCUT2D eigenvalue weighted by Gasteiger charge is 2.10. The molecule has 0 aliphatic heterocycles. The van der Waals surface area contributed by atoms with E-state index < -0.39 is 0 Å². The number of rotatable bonds is 4. The third-order valence-corrected chi connectivity index (χ3v) is 5.63. The summed E-state index contributed by atoms with van der Waals surface area (Å²) in [5.41, 5.74) is 3.63. The number of H-pyrrole nitrogens is 1. The SMILES string of the molecule is Brc1ccc2[nH]cc(C=Nn3c(-c4ccco4)csc3=Nc3cccnc3)c2c1. The fourth-order valence-electron chi connectivity index (χ4n) is 2.95. The molecule has 0 saturated heterocycles. The van der Waals surface area contributed by atoms with Crippen LogP contribution in [0.1, 0.15) is 5.56 Å². The van der Waals surface area contributed by atoms with Crippen molar-refractivity contribution in [3.8, 4) is 11.5 Å². The normalized spacial score (nSPS) is 12.4. The number of thiazole rings is 1. The second-order valence-electron chi connectivity index (χ2n) is 6.19. The number of aromatic amines is 1. The van der Waals surface area contributed by atoms with Gasteiger partial charge in [-0.2, -0.15) is 5.10 Å². The molecule has 0 aliphatic rings. The molecule has 5 rings (SSSR count). The smallest absolute Gasteiger partial charge is 0.211 e. The summed E-state index contributed by atoms with van der Waals surface area (Å²) < 4.78 is 8.40. The number of benzene rings is 1. The van der Waals surface area contributed by atoms with Crippen molar-refractivity contribution in [1.82, 2.24) is 14.6 Å². The fourth-order valence-corrected chi connectivity index (χ4v) is 4.15. The molecule has 0 saturated carbocycles. The van der Waals surface area contributed by atoms with E-state index in [1.165, 1.54) is 11.3 Å². The van der Waals surface area contributed by atoms with Gasteiger partial charge in [-0.15, -0.1) is 11.3 Å². The molecule has 6 nitrogen and oxygen atoms in total. The lowest BCUT2D eigenvalue weighted by Gasteiger charge is -2.00. The van der Waals surface area contributed by atoms with Crippen molar-refractivity contribution in [2.45, 2.75) is 0 Å². The average Bonchev–Trinajstić information content (AvgIpc) is 3.47. The van der Waals surface area contributed by atoms with Crippen LogP contribution < -0.4 is 4.80 Å². The fraction of sp³-hybridized carbons (Fsp3) is 0. The molecule has 5 aromatic rings. The van der Waals surface area contributed by atoms with Gasteiger partial charge in [0.05, 0.1) is 24.4 Å². The molecular weight excluding hydrogens is 450 g/mol. The van der Waals surface area contributed by atoms with Gasteiger partial charge in [0.2, 0.25) is 4.80 Å². The van der Waals surface area contributed by atoms with Crippen molar-refractivity contribution >= 4 is 50.1 Å². The summed E-state index contributed by atoms with van der Waals surface area (Å²) in [4.78, 5) is 12.8. The van der Waals surface area contributed by atoms with Crippen molar-refractivity contribution < 1.29 is 4.42 Å². The zero-order valence-electron chi connectivity index (χ0n) is 15.0. The lowest BCUT2D eigenvalue weighted by atomic mass is 10.2. The second kappa shape index (κ2) is 7.65. The lowest BCUT2D eigenvalue weighted by molar-refractivity contribution is 0.575. The van der Waals surface area contributed by atoms with Gasteiger partial charge in [-0.05, 0) is 42.5 Å². The lowest BCUT2D eigenvalue weighted by Crippen LogP contribution is -2.11. The zero-order chi connectivity index (χ0) is 19.6. The molecule has 1 aromatic carbocycles. The maximum Gasteiger partial charge on any atom is 0.211 e. The second-order valence-corrected chi connectivity index (χ2v) is 7.95. The topological polar surface area (TPSA) is 71.5 Å². The van der Waals surface area contributed by atoms with E-state index in [9.17, 15) is 0 Å². The van der Waals surface area contributed by atoms with Gasteiger partial charge in [-0.1, -0.05) is 15.9 Å². The Morgan fingerprint density at radius 1 is 1.21 bits per heavy atom. The molecule has 4 heterocycles. The van der Waals surface area contributed by atoms with Gasteiger partial charge in [0, 0.05) is 38.7 Å². The highest BCUT2D eigenvalue weighted by atomic mass is 79.9. The highest BCUT2D eigenvalue weighted by molar-refractivity contribution is 9.10. The first-order valence-electron chi connectivity index (χ1n) is 8.78. The van der Waals surface area contributed by atoms with Crippen LogP contribution in [0.2, 0.25) is 0 Å². The molecule has 142 valence electrons. The first-order chi connectivity index (χ1) is 14.3. The number of nitrogens with zero attached hydrogens (tertiary/aromatic N) is 4. The van der Waals surface area contributed by atoms with E-state index in [-0.39, 0.29) is 0 Å². The zero-order valence-corrected chi connectivity index (χ0v) is 17.4. The Kier molecular flexibility index (Phi) is 4.71. The Bertz CT molecular complexity index is 1360. The van der Waals surface area contributed by atoms with Crippen LogP contribution in [0.3, 0.4) is 0 Å². The quantitative estimate of drug-likeness (QED) is 0.354. The largest absolute Gasteiger partial charge is 0.463 e. The van der Waals surface area contributed by atoms with E-state index in [4.69, 9.17) is 14.5 Å². The summed E-state index contributed by atoms with van der Waals surface area (Å²) >= 11 is 5.02. The van der Waals surface area contributed by atoms with E-state index in [1.54, 1.807) is 23.3 Å². The molecule has 0 amide bonds. The van der Waals surface area contributed by atoms with Crippen molar-refractivity contribution in [1.29, 1.82) is 0 Å². The predicted molar refractivity (Wildman–Crippen MR) is 118 cm³/mol. The van der Waals surface area contributed by atoms with Crippen LogP contribution in [0.5, 0.6) is 0 Å². The Hall–Kier alpha value is -3.23. The monoisotopic (exact) mass is 463 g/mol. The molecule has 1 N–H and O–H groups in total. The molecule has 0 radical (unpaired) electrons. The molecule has 0 bridgehead atoms. The molecule has 0 fully saturated rings. The Labute approximate surface area is 178 Å². The third-order valence-electron chi connectivity index (χ3n) is 4.32. The summed E-state index contributed by atoms with van der Waals surface area (Å²) in [6, 6.07) is 13.6. The van der Waals surface area contributed by atoms with Crippen LogP contribution in [-0.2, 0) is 0 Å². The molecular formula is C21H14BrN5OS. The summed E-state index contributed by atoms with van der Waals surface area (Å²) in [5, 5.41) is 7.80. The van der Waals surface area contributed by atoms with Crippen LogP contribution in [-0.4, -0.2) is 20.9 Å². The van der Waals surface area contributed by atoms with Crippen LogP contribution >= 0.6 is 27.3 Å². The minimum atomic E-state index is 0.724. The summed E-state index contributed by atoms with van der Waals surface area (Å²) in [7, 11) is 0. The number of aromatic nitrogens is 3. The van der Waals surface area contributed by atoms with E-state index in [1.807, 2.05) is 54.2 Å². The van der Waals surface area contributed by atoms with Crippen LogP contribution in [0.4, 0.5) is 5.69 Å². The number of hydrogen-bond acceptors (Lipinski definition) is 5. The van der Waals surface area contributed by atoms with Gasteiger partial charge in [0.1, 0.15) is 5.69 Å². The first-order valence-corrected chi connectivity index (χ1v) is 10.5. The third kappa shape index (κ3) is 3.59. The van der Waals surface area contributed by atoms with Gasteiger partial charge in [0.15, 0.2) is 5.76 Å². The first kappa shape index (κ1) is 17.8. The molecule has 0 aliphatic carbocycles. The average molecular weight is 464 g/mol. The highest BCUT2D eigenvalue weighted by Crippen LogP contribution is 2.23. The maximum atomic E-state index is 5.59. The molecule has 0 atom stereocenters. The van der Waals surface area contributed by atoms with Crippen LogP contribution in [0.25, 0.3) is 22.4 Å². The van der Waals surface area contributed by atoms with Gasteiger partial charge in [0.25, 0.3) is 0 Å². The Morgan fingerprint density at radius 3 is 3.00 bits per heavy atom. The molecule has 0 unspecified atom stereocenters. The van der Waals surface area contributed by atoms with Gasteiger partial charge in [-0.3, -0.25) is 4.98 Å². The van der Waals surface area contributed by atoms with Crippen molar-refractivity contribution in [2.75, 3.05) is 0 Å². The molecule has 0 spiro atoms. The van der Waals surface area contributed by atoms with Crippen molar-refractivity contribution in [3.63, 3.8) is 0 Å². The maximum absolute atomic E-state index is 5.59. The van der Waals surface area contributed by atoms with Crippen LogP contribution in [0.15, 0.2) is 91.7 Å². The van der Waals surface area contributed by atoms with Crippen LogP contribution in [0, 0.1) is 0 Å². The number of nitrogens with one attached hydrogen (secondary N) is 1. The molecule has 4 aromatic heterocycles. The van der Waals surface area contributed by atoms with Gasteiger partial charge >= 0.3 is 0 Å². The number of pyridine rings is 1. The summed E-state index contributed by atoms with van der Waals surface area (Å²) in [6.45, 7) is 0. The van der Waals surface area contributed by atoms with E-state index in [0.717, 1.165) is 42.9 Å². The number of halogens is 1. The number of furan rings is 1. The Balaban J connectivity index is 1.64. The van der Waals surface area contributed by atoms with E-state index in [2.05, 4.69) is 32.0 Å². The minimum Gasteiger partial charge on any atom is -0.463 e. The minimum absolute atomic E-state index is 0.724. The van der Waals surface area contributed by atoms with Gasteiger partial charge in [-0.25, -0.2) is 9.67 Å². The standard InChI is InChI=1S/C21H14BrN5OS/c22-15-5-6-18-17(9-15)14(10-24-18)11-25-27-19(20-4-2-8-28-20)13-29-21(27)26-16-3-1-7-23-12-16/h1-13,24H. The van der Waals surface area contributed by atoms with Crippen molar-refractivity contribution in [2.24, 2.45) is 10.1 Å². The van der Waals surface area contributed by atoms with Crippen molar-refractivity contribution in [3.05, 3.63) is 87.5 Å². The molecule has 29 heavy (non-hydrogen) atoms. The van der Waals surface area contributed by atoms with E-state index in [0.29, 0.717) is 0 Å². The summed E-state index contributed by atoms with van der Waals surface area (Å²) in [6.07, 6.45) is 8.86. The molecule has 8 heteroatoms. The predicted octanol–water partition coefficient (Wildman–Crippen LogP) is 5.56. The van der Waals surface area contributed by atoms with E-state index >= 15 is 0 Å². The Morgan fingerprint density at radius 2 is 2.17 bits per heavy atom. The number of fused-ring (bicyclic) bond motifs is 1.